The Bertz CT molecular complexity index is 94.3. The number of hydrogen-bond donors (Lipinski definition) is 4. The lowest BCUT2D eigenvalue weighted by Gasteiger charge is -2.32. The van der Waals surface area contributed by atoms with Gasteiger partial charge in [-0.1, -0.05) is 0 Å². The van der Waals surface area contributed by atoms with Crippen LogP contribution in [-0.4, -0.2) is 34.5 Å². The molecule has 0 aromatic rings. The predicted molar refractivity (Wildman–Crippen MR) is 37.2 cm³/mol. The van der Waals surface area contributed by atoms with Gasteiger partial charge < -0.3 is 21.7 Å². The van der Waals surface area contributed by atoms with Gasteiger partial charge in [0, 0.05) is 12.1 Å². The average molecular weight is 146 g/mol. The van der Waals surface area contributed by atoms with Crippen molar-refractivity contribution < 1.29 is 10.2 Å². The van der Waals surface area contributed by atoms with Crippen LogP contribution in [0.2, 0.25) is 0 Å². The quantitative estimate of drug-likeness (QED) is 0.323. The van der Waals surface area contributed by atoms with Gasteiger partial charge in [-0.05, 0) is 12.8 Å². The molecule has 0 unspecified atom stereocenters. The first-order valence-electron chi connectivity index (χ1n) is 3.48. The second-order valence-corrected chi connectivity index (χ2v) is 2.93. The first kappa shape index (κ1) is 7.94. The van der Waals surface area contributed by atoms with Crippen LogP contribution in [0.3, 0.4) is 0 Å². The van der Waals surface area contributed by atoms with Crippen LogP contribution in [-0.2, 0) is 0 Å². The monoisotopic (exact) mass is 146 g/mol. The van der Waals surface area contributed by atoms with E-state index >= 15 is 0 Å². The molecule has 4 atom stereocenters. The number of hydrogen-bond acceptors (Lipinski definition) is 4. The third-order valence-corrected chi connectivity index (χ3v) is 2.02. The summed E-state index contributed by atoms with van der Waals surface area (Å²) in [6, 6.07) is -0.336. The Hall–Kier alpha value is -0.160. The smallest absolute Gasteiger partial charge is 0.0815 e. The van der Waals surface area contributed by atoms with Gasteiger partial charge in [0.1, 0.15) is 0 Å². The summed E-state index contributed by atoms with van der Waals surface area (Å²) in [7, 11) is 0. The van der Waals surface area contributed by atoms with E-state index in [0.29, 0.717) is 12.8 Å². The lowest BCUT2D eigenvalue weighted by atomic mass is 9.87. The van der Waals surface area contributed by atoms with Crippen molar-refractivity contribution in [2.24, 2.45) is 11.5 Å². The summed E-state index contributed by atoms with van der Waals surface area (Å²) < 4.78 is 0. The van der Waals surface area contributed by atoms with Gasteiger partial charge >= 0.3 is 0 Å². The highest BCUT2D eigenvalue weighted by Crippen LogP contribution is 2.16. The minimum absolute atomic E-state index is 0.168. The normalized spacial score (nSPS) is 49.2. The van der Waals surface area contributed by atoms with E-state index in [1.54, 1.807) is 0 Å². The molecule has 0 spiro atoms. The second-order valence-electron chi connectivity index (χ2n) is 2.93. The first-order valence-corrected chi connectivity index (χ1v) is 3.48. The Kier molecular flexibility index (Phi) is 2.25. The zero-order chi connectivity index (χ0) is 7.72. The van der Waals surface area contributed by atoms with Crippen LogP contribution in [0, 0.1) is 0 Å². The molecule has 0 saturated heterocycles. The van der Waals surface area contributed by atoms with Gasteiger partial charge in [0.15, 0.2) is 0 Å². The molecule has 60 valence electrons. The molecular weight excluding hydrogens is 132 g/mol. The summed E-state index contributed by atoms with van der Waals surface area (Å²) in [6.07, 6.45) is -0.561. The molecule has 0 aromatic carbocycles. The molecule has 10 heavy (non-hydrogen) atoms. The third kappa shape index (κ3) is 1.46. The number of nitrogens with two attached hydrogens (primary N) is 2. The van der Waals surface area contributed by atoms with E-state index in [9.17, 15) is 0 Å². The molecule has 6 N–H and O–H groups in total. The highest BCUT2D eigenvalue weighted by Gasteiger charge is 2.30. The second kappa shape index (κ2) is 2.84. The Morgan fingerprint density at radius 3 is 1.50 bits per heavy atom. The van der Waals surface area contributed by atoms with Crippen LogP contribution in [0.15, 0.2) is 0 Å². The maximum absolute atomic E-state index is 9.08. The van der Waals surface area contributed by atoms with E-state index in [0.717, 1.165) is 0 Å². The third-order valence-electron chi connectivity index (χ3n) is 2.02. The molecule has 0 amide bonds. The Morgan fingerprint density at radius 2 is 1.20 bits per heavy atom. The van der Waals surface area contributed by atoms with Gasteiger partial charge in [-0.2, -0.15) is 0 Å². The molecule has 1 rings (SSSR count). The highest BCUT2D eigenvalue weighted by molar-refractivity contribution is 4.89. The van der Waals surface area contributed by atoms with Crippen molar-refractivity contribution in [1.82, 2.24) is 0 Å². The van der Waals surface area contributed by atoms with E-state index in [-0.39, 0.29) is 12.1 Å². The predicted octanol–water partition coefficient (Wildman–Crippen LogP) is -1.84. The van der Waals surface area contributed by atoms with Crippen LogP contribution >= 0.6 is 0 Å². The average Bonchev–Trinajstić information content (AvgIpc) is 1.84. The van der Waals surface area contributed by atoms with E-state index in [1.807, 2.05) is 0 Å². The Morgan fingerprint density at radius 1 is 0.900 bits per heavy atom. The van der Waals surface area contributed by atoms with Crippen molar-refractivity contribution in [3.63, 3.8) is 0 Å². The summed E-state index contributed by atoms with van der Waals surface area (Å²) in [5.41, 5.74) is 11.1. The Balaban J connectivity index is 2.46. The highest BCUT2D eigenvalue weighted by atomic mass is 16.3. The topological polar surface area (TPSA) is 92.5 Å². The summed E-state index contributed by atoms with van der Waals surface area (Å²) in [6.45, 7) is 0. The Labute approximate surface area is 59.8 Å². The molecular formula is C6H14N2O2. The maximum atomic E-state index is 9.08. The van der Waals surface area contributed by atoms with Gasteiger partial charge in [-0.15, -0.1) is 0 Å². The van der Waals surface area contributed by atoms with Crippen LogP contribution in [0.4, 0.5) is 0 Å². The van der Waals surface area contributed by atoms with Gasteiger partial charge in [-0.25, -0.2) is 0 Å². The number of aliphatic hydroxyl groups excluding tert-OH is 2. The van der Waals surface area contributed by atoms with E-state index in [1.165, 1.54) is 0 Å². The fourth-order valence-electron chi connectivity index (χ4n) is 1.22. The fourth-order valence-corrected chi connectivity index (χ4v) is 1.22. The molecule has 1 saturated carbocycles. The molecule has 0 aromatic heterocycles. The molecule has 4 heteroatoms. The largest absolute Gasteiger partial charge is 0.390 e. The van der Waals surface area contributed by atoms with E-state index in [4.69, 9.17) is 21.7 Å². The zero-order valence-electron chi connectivity index (χ0n) is 5.77. The van der Waals surface area contributed by atoms with Gasteiger partial charge in [0.2, 0.25) is 0 Å². The van der Waals surface area contributed by atoms with Gasteiger partial charge in [-0.3, -0.25) is 0 Å². The van der Waals surface area contributed by atoms with E-state index < -0.39 is 12.2 Å². The van der Waals surface area contributed by atoms with Crippen LogP contribution in [0.5, 0.6) is 0 Å². The summed E-state index contributed by atoms with van der Waals surface area (Å²) in [5.74, 6) is 0. The van der Waals surface area contributed by atoms with Crippen molar-refractivity contribution in [2.45, 2.75) is 37.1 Å². The minimum atomic E-state index is -0.685. The molecule has 0 bridgehead atoms. The van der Waals surface area contributed by atoms with Gasteiger partial charge in [0.05, 0.1) is 12.2 Å². The molecule has 1 aliphatic carbocycles. The molecule has 1 aliphatic rings. The fraction of sp³-hybridized carbons (Fsp3) is 1.00. The van der Waals surface area contributed by atoms with Crippen LogP contribution < -0.4 is 11.5 Å². The van der Waals surface area contributed by atoms with Crippen LogP contribution in [0.25, 0.3) is 0 Å². The summed E-state index contributed by atoms with van der Waals surface area (Å²) in [5, 5.41) is 18.2. The lowest BCUT2D eigenvalue weighted by molar-refractivity contribution is -0.0198. The van der Waals surface area contributed by atoms with E-state index in [2.05, 4.69) is 0 Å². The lowest BCUT2D eigenvalue weighted by Crippen LogP contribution is -2.52. The molecule has 1 fully saturated rings. The standard InChI is InChI=1S/C6H14N2O2/c7-3-1-5(9)6(10)2-4(3)8/h3-6,9-10H,1-2,7-8H2/t3-,4-,5-,6-/m0/s1. The molecule has 0 aliphatic heterocycles. The molecule has 4 nitrogen and oxygen atoms in total. The first-order chi connectivity index (χ1) is 4.61. The minimum Gasteiger partial charge on any atom is -0.390 e. The van der Waals surface area contributed by atoms with Crippen molar-refractivity contribution in [3.8, 4) is 0 Å². The molecule has 0 radical (unpaired) electrons. The zero-order valence-corrected chi connectivity index (χ0v) is 5.77. The molecule has 0 heterocycles. The van der Waals surface area contributed by atoms with Crippen molar-refractivity contribution in [2.75, 3.05) is 0 Å². The maximum Gasteiger partial charge on any atom is 0.0815 e. The van der Waals surface area contributed by atoms with Crippen molar-refractivity contribution in [3.05, 3.63) is 0 Å². The van der Waals surface area contributed by atoms with Crippen molar-refractivity contribution >= 4 is 0 Å². The summed E-state index contributed by atoms with van der Waals surface area (Å²) in [4.78, 5) is 0. The number of aliphatic hydroxyl groups is 2. The van der Waals surface area contributed by atoms with Gasteiger partial charge in [0.25, 0.3) is 0 Å². The number of rotatable bonds is 0. The van der Waals surface area contributed by atoms with Crippen LogP contribution in [0.1, 0.15) is 12.8 Å². The SMILES string of the molecule is N[C@H]1C[C@H](O)[C@@H](O)C[C@@H]1N. The van der Waals surface area contributed by atoms with Crippen molar-refractivity contribution in [1.29, 1.82) is 0 Å². The summed E-state index contributed by atoms with van der Waals surface area (Å²) >= 11 is 0.